The van der Waals surface area contributed by atoms with E-state index in [0.717, 1.165) is 17.7 Å². The van der Waals surface area contributed by atoms with Crippen LogP contribution < -0.4 is 4.74 Å². The molecule has 0 N–H and O–H groups in total. The summed E-state index contributed by atoms with van der Waals surface area (Å²) in [4.78, 5) is 12.4. The molecule has 0 atom stereocenters. The molecule has 0 unspecified atom stereocenters. The molecule has 20 heavy (non-hydrogen) atoms. The Hall–Kier alpha value is -1.94. The maximum atomic E-state index is 13.8. The minimum Gasteiger partial charge on any atom is -0.492 e. The summed E-state index contributed by atoms with van der Waals surface area (Å²) >= 11 is 5.48. The SMILES string of the molecule is O=C(c1cc(F)c(Cl)cc1F)c1cccc2c1OCC2. The number of rotatable bonds is 2. The van der Waals surface area contributed by atoms with Gasteiger partial charge in [0.1, 0.15) is 17.4 Å². The number of benzene rings is 2. The number of fused-ring (bicyclic) bond motifs is 1. The lowest BCUT2D eigenvalue weighted by Crippen LogP contribution is -2.07. The molecular formula is C15H9ClF2O2. The van der Waals surface area contributed by atoms with Crippen LogP contribution in [0.15, 0.2) is 30.3 Å². The highest BCUT2D eigenvalue weighted by molar-refractivity contribution is 6.31. The minimum atomic E-state index is -0.850. The van der Waals surface area contributed by atoms with Crippen LogP contribution in [0.3, 0.4) is 0 Å². The van der Waals surface area contributed by atoms with Crippen LogP contribution in [0.2, 0.25) is 5.02 Å². The predicted molar refractivity (Wildman–Crippen MR) is 70.4 cm³/mol. The van der Waals surface area contributed by atoms with Gasteiger partial charge in [-0.2, -0.15) is 0 Å². The number of carbonyl (C=O) groups is 1. The van der Waals surface area contributed by atoms with E-state index in [1.165, 1.54) is 0 Å². The zero-order valence-electron chi connectivity index (χ0n) is 10.3. The van der Waals surface area contributed by atoms with E-state index in [-0.39, 0.29) is 16.1 Å². The van der Waals surface area contributed by atoms with Crippen LogP contribution in [0.1, 0.15) is 21.5 Å². The first-order valence-corrected chi connectivity index (χ1v) is 6.39. The smallest absolute Gasteiger partial charge is 0.199 e. The number of halogens is 3. The zero-order chi connectivity index (χ0) is 14.3. The molecule has 0 amide bonds. The van der Waals surface area contributed by atoms with Crippen molar-refractivity contribution in [3.63, 3.8) is 0 Å². The van der Waals surface area contributed by atoms with Crippen LogP contribution in [0.4, 0.5) is 8.78 Å². The van der Waals surface area contributed by atoms with Crippen molar-refractivity contribution >= 4 is 17.4 Å². The van der Waals surface area contributed by atoms with Crippen molar-refractivity contribution in [2.45, 2.75) is 6.42 Å². The summed E-state index contributed by atoms with van der Waals surface area (Å²) in [6.45, 7) is 0.483. The van der Waals surface area contributed by atoms with E-state index in [2.05, 4.69) is 0 Å². The van der Waals surface area contributed by atoms with Crippen molar-refractivity contribution in [2.75, 3.05) is 6.61 Å². The second-order valence-electron chi connectivity index (χ2n) is 4.47. The monoisotopic (exact) mass is 294 g/mol. The number of hydrogen-bond donors (Lipinski definition) is 0. The van der Waals surface area contributed by atoms with Crippen molar-refractivity contribution in [2.24, 2.45) is 0 Å². The summed E-state index contributed by atoms with van der Waals surface area (Å²) in [5.74, 6) is -1.84. The van der Waals surface area contributed by atoms with E-state index in [4.69, 9.17) is 16.3 Å². The Morgan fingerprint density at radius 3 is 2.75 bits per heavy atom. The van der Waals surface area contributed by atoms with Gasteiger partial charge in [-0.15, -0.1) is 0 Å². The second-order valence-corrected chi connectivity index (χ2v) is 4.87. The molecule has 0 radical (unpaired) electrons. The van der Waals surface area contributed by atoms with E-state index in [9.17, 15) is 13.6 Å². The normalized spacial score (nSPS) is 12.9. The Morgan fingerprint density at radius 2 is 1.95 bits per heavy atom. The van der Waals surface area contributed by atoms with E-state index in [0.29, 0.717) is 18.8 Å². The van der Waals surface area contributed by atoms with Crippen LogP contribution in [0.25, 0.3) is 0 Å². The number of para-hydroxylation sites is 1. The molecule has 1 heterocycles. The van der Waals surface area contributed by atoms with Gasteiger partial charge in [0.2, 0.25) is 0 Å². The molecule has 0 saturated heterocycles. The molecule has 5 heteroatoms. The van der Waals surface area contributed by atoms with E-state index in [1.807, 2.05) is 6.07 Å². The van der Waals surface area contributed by atoms with Gasteiger partial charge >= 0.3 is 0 Å². The standard InChI is InChI=1S/C15H9ClF2O2/c16-11-7-12(17)10(6-13(11)18)14(19)9-3-1-2-8-4-5-20-15(8)9/h1-3,6-7H,4-5H2. The zero-order valence-corrected chi connectivity index (χ0v) is 11.0. The first kappa shape index (κ1) is 13.1. The van der Waals surface area contributed by atoms with Crippen molar-refractivity contribution in [3.05, 3.63) is 63.7 Å². The fraction of sp³-hybridized carbons (Fsp3) is 0.133. The van der Waals surface area contributed by atoms with Gasteiger partial charge in [0.05, 0.1) is 22.8 Å². The molecule has 102 valence electrons. The minimum absolute atomic E-state index is 0.237. The number of carbonyl (C=O) groups excluding carboxylic acids is 1. The molecule has 1 aliphatic rings. The third-order valence-corrected chi connectivity index (χ3v) is 3.50. The number of ether oxygens (including phenoxy) is 1. The molecule has 0 spiro atoms. The third-order valence-electron chi connectivity index (χ3n) is 3.21. The lowest BCUT2D eigenvalue weighted by atomic mass is 9.99. The van der Waals surface area contributed by atoms with Gasteiger partial charge in [-0.1, -0.05) is 23.7 Å². The highest BCUT2D eigenvalue weighted by Crippen LogP contribution is 2.32. The average molecular weight is 295 g/mol. The summed E-state index contributed by atoms with van der Waals surface area (Å²) in [5.41, 5.74) is 0.780. The maximum Gasteiger partial charge on any atom is 0.199 e. The topological polar surface area (TPSA) is 26.3 Å². The van der Waals surface area contributed by atoms with E-state index < -0.39 is 17.4 Å². The van der Waals surface area contributed by atoms with Gasteiger partial charge in [-0.05, 0) is 23.8 Å². The molecule has 2 aromatic carbocycles. The molecule has 2 aromatic rings. The van der Waals surface area contributed by atoms with Gasteiger partial charge in [0, 0.05) is 6.42 Å². The fourth-order valence-corrected chi connectivity index (χ4v) is 2.39. The van der Waals surface area contributed by atoms with Crippen LogP contribution in [0.5, 0.6) is 5.75 Å². The lowest BCUT2D eigenvalue weighted by molar-refractivity contribution is 0.103. The van der Waals surface area contributed by atoms with Gasteiger partial charge in [-0.3, -0.25) is 4.79 Å². The summed E-state index contributed by atoms with van der Waals surface area (Å²) in [6, 6.07) is 6.70. The van der Waals surface area contributed by atoms with Gasteiger partial charge in [-0.25, -0.2) is 8.78 Å². The Kier molecular flexibility index (Phi) is 3.18. The summed E-state index contributed by atoms with van der Waals surface area (Å²) in [7, 11) is 0. The summed E-state index contributed by atoms with van der Waals surface area (Å²) < 4.78 is 32.6. The molecule has 0 aliphatic carbocycles. The molecule has 0 aromatic heterocycles. The molecule has 2 nitrogen and oxygen atoms in total. The predicted octanol–water partition coefficient (Wildman–Crippen LogP) is 3.78. The van der Waals surface area contributed by atoms with E-state index >= 15 is 0 Å². The van der Waals surface area contributed by atoms with Gasteiger partial charge < -0.3 is 4.74 Å². The molecular weight excluding hydrogens is 286 g/mol. The van der Waals surface area contributed by atoms with Crippen LogP contribution in [0, 0.1) is 11.6 Å². The average Bonchev–Trinajstić information content (AvgIpc) is 2.90. The van der Waals surface area contributed by atoms with Gasteiger partial charge in [0.25, 0.3) is 0 Å². The molecule has 3 rings (SSSR count). The fourth-order valence-electron chi connectivity index (χ4n) is 2.24. The first-order valence-electron chi connectivity index (χ1n) is 6.02. The quantitative estimate of drug-likeness (QED) is 0.622. The van der Waals surface area contributed by atoms with Crippen molar-refractivity contribution < 1.29 is 18.3 Å². The Bertz CT molecular complexity index is 713. The largest absolute Gasteiger partial charge is 0.492 e. The van der Waals surface area contributed by atoms with Crippen molar-refractivity contribution in [3.8, 4) is 5.75 Å². The summed E-state index contributed by atoms with van der Waals surface area (Å²) in [6.07, 6.45) is 0.702. The number of ketones is 1. The highest BCUT2D eigenvalue weighted by Gasteiger charge is 2.24. The van der Waals surface area contributed by atoms with Gasteiger partial charge in [0.15, 0.2) is 5.78 Å². The van der Waals surface area contributed by atoms with Crippen LogP contribution in [-0.2, 0) is 6.42 Å². The molecule has 0 fully saturated rings. The Labute approximate surface area is 118 Å². The summed E-state index contributed by atoms with van der Waals surface area (Å²) in [5, 5.41) is -0.353. The number of hydrogen-bond acceptors (Lipinski definition) is 2. The third kappa shape index (κ3) is 2.06. The Morgan fingerprint density at radius 1 is 1.15 bits per heavy atom. The molecule has 0 saturated carbocycles. The maximum absolute atomic E-state index is 13.8. The molecule has 0 bridgehead atoms. The lowest BCUT2D eigenvalue weighted by Gasteiger charge is -2.08. The second kappa shape index (κ2) is 4.87. The first-order chi connectivity index (χ1) is 9.58. The molecule has 1 aliphatic heterocycles. The van der Waals surface area contributed by atoms with E-state index in [1.54, 1.807) is 12.1 Å². The van der Waals surface area contributed by atoms with Crippen molar-refractivity contribution in [1.82, 2.24) is 0 Å². The van der Waals surface area contributed by atoms with Crippen molar-refractivity contribution in [1.29, 1.82) is 0 Å². The highest BCUT2D eigenvalue weighted by atomic mass is 35.5. The van der Waals surface area contributed by atoms with Crippen LogP contribution in [-0.4, -0.2) is 12.4 Å². The Balaban J connectivity index is 2.10. The van der Waals surface area contributed by atoms with Crippen LogP contribution >= 0.6 is 11.6 Å².